The van der Waals surface area contributed by atoms with Gasteiger partial charge in [0.2, 0.25) is 12.7 Å². The van der Waals surface area contributed by atoms with Gasteiger partial charge in [-0.3, -0.25) is 4.79 Å². The summed E-state index contributed by atoms with van der Waals surface area (Å²) in [4.78, 5) is 18.1. The van der Waals surface area contributed by atoms with E-state index in [4.69, 9.17) is 14.5 Å². The molecule has 6 nitrogen and oxygen atoms in total. The molecule has 1 aliphatic rings. The first-order valence-corrected chi connectivity index (χ1v) is 10.5. The third kappa shape index (κ3) is 3.77. The second kappa shape index (κ2) is 8.34. The normalized spacial score (nSPS) is 13.3. The van der Waals surface area contributed by atoms with Gasteiger partial charge in [-0.1, -0.05) is 31.2 Å². The fourth-order valence-electron chi connectivity index (χ4n) is 4.04. The number of ether oxygens (including phenoxy) is 2. The van der Waals surface area contributed by atoms with Crippen molar-refractivity contribution >= 4 is 22.6 Å². The van der Waals surface area contributed by atoms with E-state index in [1.54, 1.807) is 30.3 Å². The number of hydrogen-bond donors (Lipinski definition) is 1. The molecule has 7 heteroatoms. The van der Waals surface area contributed by atoms with Gasteiger partial charge < -0.3 is 19.4 Å². The number of nitrogens with zero attached hydrogens (tertiary/aromatic N) is 2. The van der Waals surface area contributed by atoms with Crippen LogP contribution in [0.1, 0.15) is 30.8 Å². The second-order valence-corrected chi connectivity index (χ2v) is 7.67. The number of halogens is 1. The zero-order chi connectivity index (χ0) is 22.1. The van der Waals surface area contributed by atoms with Crippen molar-refractivity contribution in [1.29, 1.82) is 0 Å². The maximum atomic E-state index is 13.4. The van der Waals surface area contributed by atoms with E-state index in [1.807, 2.05) is 35.8 Å². The molecule has 0 saturated carbocycles. The first kappa shape index (κ1) is 20.1. The van der Waals surface area contributed by atoms with Crippen molar-refractivity contribution in [2.75, 3.05) is 12.1 Å². The van der Waals surface area contributed by atoms with E-state index in [1.165, 1.54) is 12.1 Å². The SMILES string of the molecule is CC[C@@H](C(=O)Nc1ccc2c(c1)OCO2)n1c(Cc2ccc(F)cc2)nc2ccccc21. The minimum absolute atomic E-state index is 0.144. The summed E-state index contributed by atoms with van der Waals surface area (Å²) in [5.74, 6) is 1.61. The Bertz CT molecular complexity index is 1280. The van der Waals surface area contributed by atoms with E-state index in [0.29, 0.717) is 30.0 Å². The average molecular weight is 431 g/mol. The number of rotatable bonds is 6. The molecule has 32 heavy (non-hydrogen) atoms. The van der Waals surface area contributed by atoms with Crippen LogP contribution >= 0.6 is 0 Å². The lowest BCUT2D eigenvalue weighted by Crippen LogP contribution is -2.27. The molecule has 4 aromatic rings. The highest BCUT2D eigenvalue weighted by Crippen LogP contribution is 2.35. The number of carbonyl (C=O) groups is 1. The number of benzene rings is 3. The lowest BCUT2D eigenvalue weighted by molar-refractivity contribution is -0.119. The summed E-state index contributed by atoms with van der Waals surface area (Å²) in [5, 5.41) is 3.00. The van der Waals surface area contributed by atoms with Crippen LogP contribution in [0.4, 0.5) is 10.1 Å². The molecule has 1 amide bonds. The first-order valence-electron chi connectivity index (χ1n) is 10.5. The largest absolute Gasteiger partial charge is 0.454 e. The Kier molecular flexibility index (Phi) is 5.23. The van der Waals surface area contributed by atoms with Crippen LogP contribution in [0.25, 0.3) is 11.0 Å². The molecule has 162 valence electrons. The van der Waals surface area contributed by atoms with Crippen LogP contribution in [0.3, 0.4) is 0 Å². The Morgan fingerprint density at radius 1 is 1.09 bits per heavy atom. The van der Waals surface area contributed by atoms with Gasteiger partial charge in [-0.15, -0.1) is 0 Å². The summed E-state index contributed by atoms with van der Waals surface area (Å²) < 4.78 is 26.1. The molecule has 1 N–H and O–H groups in total. The molecule has 2 heterocycles. The maximum Gasteiger partial charge on any atom is 0.247 e. The van der Waals surface area contributed by atoms with E-state index in [-0.39, 0.29) is 18.5 Å². The Morgan fingerprint density at radius 2 is 1.88 bits per heavy atom. The molecule has 0 saturated heterocycles. The number of carbonyl (C=O) groups excluding carboxylic acids is 1. The molecule has 1 atom stereocenters. The minimum atomic E-state index is -0.469. The van der Waals surface area contributed by atoms with Crippen LogP contribution in [0.2, 0.25) is 0 Å². The van der Waals surface area contributed by atoms with Crippen molar-refractivity contribution in [3.63, 3.8) is 0 Å². The second-order valence-electron chi connectivity index (χ2n) is 7.67. The van der Waals surface area contributed by atoms with Gasteiger partial charge in [-0.05, 0) is 48.4 Å². The molecule has 0 fully saturated rings. The molecule has 0 spiro atoms. The third-order valence-corrected chi connectivity index (χ3v) is 5.59. The van der Waals surface area contributed by atoms with E-state index in [9.17, 15) is 9.18 Å². The predicted octanol–water partition coefficient (Wildman–Crippen LogP) is 5.08. The van der Waals surface area contributed by atoms with Gasteiger partial charge in [-0.2, -0.15) is 0 Å². The summed E-state index contributed by atoms with van der Waals surface area (Å²) in [6, 6.07) is 19.0. The predicted molar refractivity (Wildman–Crippen MR) is 119 cm³/mol. The molecular formula is C25H22FN3O3. The Morgan fingerprint density at radius 3 is 2.69 bits per heavy atom. The molecule has 1 aromatic heterocycles. The Labute approximate surface area is 184 Å². The smallest absolute Gasteiger partial charge is 0.247 e. The standard InChI is InChI=1S/C25H22FN3O3/c1-2-20(25(30)27-18-11-12-22-23(14-18)32-15-31-22)29-21-6-4-3-5-19(21)28-24(29)13-16-7-9-17(26)10-8-16/h3-12,14,20H,2,13,15H2,1H3,(H,27,30)/t20-/m0/s1. The lowest BCUT2D eigenvalue weighted by atomic mass is 10.1. The van der Waals surface area contributed by atoms with Crippen LogP contribution in [0.5, 0.6) is 11.5 Å². The highest BCUT2D eigenvalue weighted by atomic mass is 19.1. The van der Waals surface area contributed by atoms with Gasteiger partial charge in [0.25, 0.3) is 0 Å². The van der Waals surface area contributed by atoms with Crippen molar-refractivity contribution < 1.29 is 18.7 Å². The Balaban J connectivity index is 1.49. The quantitative estimate of drug-likeness (QED) is 0.462. The lowest BCUT2D eigenvalue weighted by Gasteiger charge is -2.20. The van der Waals surface area contributed by atoms with Crippen LogP contribution in [-0.2, 0) is 11.2 Å². The molecule has 0 unspecified atom stereocenters. The van der Waals surface area contributed by atoms with Crippen molar-refractivity contribution in [3.8, 4) is 11.5 Å². The zero-order valence-corrected chi connectivity index (χ0v) is 17.5. The van der Waals surface area contributed by atoms with Gasteiger partial charge in [0, 0.05) is 18.2 Å². The van der Waals surface area contributed by atoms with Gasteiger partial charge in [-0.25, -0.2) is 9.37 Å². The number of para-hydroxylation sites is 2. The summed E-state index contributed by atoms with van der Waals surface area (Å²) in [6.45, 7) is 2.15. The topological polar surface area (TPSA) is 65.4 Å². The molecular weight excluding hydrogens is 409 g/mol. The fourth-order valence-corrected chi connectivity index (χ4v) is 4.04. The van der Waals surface area contributed by atoms with Crippen molar-refractivity contribution in [2.24, 2.45) is 0 Å². The maximum absolute atomic E-state index is 13.4. The van der Waals surface area contributed by atoms with Crippen molar-refractivity contribution in [1.82, 2.24) is 9.55 Å². The van der Waals surface area contributed by atoms with E-state index >= 15 is 0 Å². The number of nitrogens with one attached hydrogen (secondary N) is 1. The average Bonchev–Trinajstić information content (AvgIpc) is 3.40. The third-order valence-electron chi connectivity index (χ3n) is 5.59. The molecule has 5 rings (SSSR count). The highest BCUT2D eigenvalue weighted by Gasteiger charge is 2.25. The number of imidazole rings is 1. The van der Waals surface area contributed by atoms with Crippen LogP contribution in [0.15, 0.2) is 66.7 Å². The number of anilines is 1. The Hall–Kier alpha value is -3.87. The summed E-state index contributed by atoms with van der Waals surface area (Å²) >= 11 is 0. The first-order chi connectivity index (χ1) is 15.6. The zero-order valence-electron chi connectivity index (χ0n) is 17.5. The highest BCUT2D eigenvalue weighted by molar-refractivity contribution is 5.95. The molecule has 0 aliphatic carbocycles. The van der Waals surface area contributed by atoms with Crippen LogP contribution in [-0.4, -0.2) is 22.3 Å². The molecule has 3 aromatic carbocycles. The molecule has 0 radical (unpaired) electrons. The summed E-state index contributed by atoms with van der Waals surface area (Å²) in [7, 11) is 0. The summed E-state index contributed by atoms with van der Waals surface area (Å²) in [5.41, 5.74) is 3.27. The number of hydrogen-bond acceptors (Lipinski definition) is 4. The minimum Gasteiger partial charge on any atom is -0.454 e. The van der Waals surface area contributed by atoms with Gasteiger partial charge >= 0.3 is 0 Å². The monoisotopic (exact) mass is 431 g/mol. The van der Waals surface area contributed by atoms with Gasteiger partial charge in [0.15, 0.2) is 11.5 Å². The van der Waals surface area contributed by atoms with Crippen molar-refractivity contribution in [3.05, 3.63) is 83.9 Å². The van der Waals surface area contributed by atoms with Gasteiger partial charge in [0.1, 0.15) is 17.7 Å². The van der Waals surface area contributed by atoms with Crippen LogP contribution in [0, 0.1) is 5.82 Å². The van der Waals surface area contributed by atoms with Crippen LogP contribution < -0.4 is 14.8 Å². The number of aromatic nitrogens is 2. The fraction of sp³-hybridized carbons (Fsp3) is 0.200. The van der Waals surface area contributed by atoms with Crippen molar-refractivity contribution in [2.45, 2.75) is 25.8 Å². The summed E-state index contributed by atoms with van der Waals surface area (Å²) in [6.07, 6.45) is 1.07. The number of fused-ring (bicyclic) bond motifs is 2. The van der Waals surface area contributed by atoms with E-state index < -0.39 is 6.04 Å². The van der Waals surface area contributed by atoms with E-state index in [0.717, 1.165) is 22.4 Å². The molecule has 0 bridgehead atoms. The number of amides is 1. The van der Waals surface area contributed by atoms with E-state index in [2.05, 4.69) is 5.32 Å². The van der Waals surface area contributed by atoms with Gasteiger partial charge in [0.05, 0.1) is 11.0 Å². The molecule has 1 aliphatic heterocycles.